The molecule has 0 bridgehead atoms. The van der Waals surface area contributed by atoms with Gasteiger partial charge in [-0.1, -0.05) is 12.1 Å². The lowest BCUT2D eigenvalue weighted by Crippen LogP contribution is -2.55. The second-order valence-corrected chi connectivity index (χ2v) is 8.68. The Hall–Kier alpha value is -2.70. The molecule has 0 atom stereocenters. The van der Waals surface area contributed by atoms with E-state index in [2.05, 4.69) is 0 Å². The van der Waals surface area contributed by atoms with Crippen LogP contribution < -0.4 is 4.90 Å². The zero-order chi connectivity index (χ0) is 20.2. The Labute approximate surface area is 169 Å². The van der Waals surface area contributed by atoms with Gasteiger partial charge < -0.3 is 4.90 Å². The Morgan fingerprint density at radius 3 is 2.66 bits per heavy atom. The number of amides is 2. The molecule has 2 fully saturated rings. The third kappa shape index (κ3) is 3.12. The maximum absolute atomic E-state index is 14.0. The van der Waals surface area contributed by atoms with E-state index in [-0.39, 0.29) is 17.4 Å². The van der Waals surface area contributed by atoms with Crippen LogP contribution in [-0.4, -0.2) is 46.1 Å². The lowest BCUT2D eigenvalue weighted by molar-refractivity contribution is -0.122. The van der Waals surface area contributed by atoms with Crippen LogP contribution in [0.15, 0.2) is 30.3 Å². The summed E-state index contributed by atoms with van der Waals surface area (Å²) in [6, 6.07) is 8.09. The van der Waals surface area contributed by atoms with Gasteiger partial charge in [0.05, 0.1) is 23.2 Å². The van der Waals surface area contributed by atoms with Gasteiger partial charge in [0.15, 0.2) is 0 Å². The minimum atomic E-state index is -0.494. The first kappa shape index (κ1) is 18.3. The number of likely N-dealkylation sites (tertiary alicyclic amines) is 1. The lowest BCUT2D eigenvalue weighted by atomic mass is 9.82. The number of rotatable bonds is 3. The normalized spacial score (nSPS) is 20.8. The van der Waals surface area contributed by atoms with Crippen molar-refractivity contribution in [2.45, 2.75) is 44.6 Å². The third-order valence-corrected chi connectivity index (χ3v) is 6.54. The first-order chi connectivity index (χ1) is 14.0. The lowest BCUT2D eigenvalue weighted by Gasteiger charge is -2.46. The highest BCUT2D eigenvalue weighted by atomic mass is 19.1. The van der Waals surface area contributed by atoms with Gasteiger partial charge in [0, 0.05) is 25.7 Å². The molecular formula is C22H25FN4O2. The number of anilines is 1. The third-order valence-electron chi connectivity index (χ3n) is 6.54. The van der Waals surface area contributed by atoms with Gasteiger partial charge in [0.2, 0.25) is 5.91 Å². The van der Waals surface area contributed by atoms with Crippen molar-refractivity contribution in [3.8, 4) is 0 Å². The SMILES string of the molecule is Cc1cc2n(n1)C1(CCN(C(=O)c3ccccc3F)CC1)CC(=O)N2CC1CC1. The summed E-state index contributed by atoms with van der Waals surface area (Å²) < 4.78 is 16.1. The van der Waals surface area contributed by atoms with Crippen LogP contribution in [0.3, 0.4) is 0 Å². The van der Waals surface area contributed by atoms with Gasteiger partial charge in [-0.05, 0) is 50.7 Å². The number of hydrogen-bond donors (Lipinski definition) is 0. The van der Waals surface area contributed by atoms with E-state index in [9.17, 15) is 14.0 Å². The van der Waals surface area contributed by atoms with Crippen LogP contribution in [0.2, 0.25) is 0 Å². The first-order valence-corrected chi connectivity index (χ1v) is 10.4. The number of carbonyl (C=O) groups excluding carboxylic acids is 2. The van der Waals surface area contributed by atoms with Crippen molar-refractivity contribution < 1.29 is 14.0 Å². The molecule has 1 saturated carbocycles. The molecular weight excluding hydrogens is 371 g/mol. The van der Waals surface area contributed by atoms with Gasteiger partial charge in [-0.25, -0.2) is 9.07 Å². The Morgan fingerprint density at radius 1 is 1.24 bits per heavy atom. The maximum atomic E-state index is 14.0. The van der Waals surface area contributed by atoms with Crippen LogP contribution in [0.1, 0.15) is 48.2 Å². The Bertz CT molecular complexity index is 973. The predicted molar refractivity (Wildman–Crippen MR) is 106 cm³/mol. The largest absolute Gasteiger partial charge is 0.338 e. The number of aromatic nitrogens is 2. The van der Waals surface area contributed by atoms with Crippen LogP contribution in [0.5, 0.6) is 0 Å². The van der Waals surface area contributed by atoms with E-state index in [1.54, 1.807) is 17.0 Å². The number of benzene rings is 1. The van der Waals surface area contributed by atoms with Gasteiger partial charge in [0.1, 0.15) is 11.6 Å². The maximum Gasteiger partial charge on any atom is 0.256 e. The number of aryl methyl sites for hydroxylation is 1. The summed E-state index contributed by atoms with van der Waals surface area (Å²) in [5, 5.41) is 4.74. The molecule has 1 saturated heterocycles. The molecule has 3 heterocycles. The fraction of sp³-hybridized carbons (Fsp3) is 0.500. The molecule has 0 radical (unpaired) electrons. The molecule has 29 heavy (non-hydrogen) atoms. The molecule has 7 heteroatoms. The van der Waals surface area contributed by atoms with Crippen LogP contribution in [0.25, 0.3) is 0 Å². The minimum Gasteiger partial charge on any atom is -0.338 e. The standard InChI is InChI=1S/C22H25FN4O2/c1-15-12-19-26(14-16-6-7-16)20(28)13-22(27(19)24-15)8-10-25(11-9-22)21(29)17-4-2-3-5-18(17)23/h2-5,12,16H,6-11,13-14H2,1H3. The molecule has 1 aromatic heterocycles. The number of fused-ring (bicyclic) bond motifs is 2. The summed E-state index contributed by atoms with van der Waals surface area (Å²) in [5.41, 5.74) is 0.612. The number of carbonyl (C=O) groups is 2. The molecule has 5 rings (SSSR count). The van der Waals surface area contributed by atoms with Gasteiger partial charge in [-0.15, -0.1) is 0 Å². The van der Waals surface area contributed by atoms with E-state index in [1.165, 1.54) is 25.0 Å². The van der Waals surface area contributed by atoms with E-state index in [1.807, 2.05) is 22.6 Å². The summed E-state index contributed by atoms with van der Waals surface area (Å²) in [5.74, 6) is 0.869. The minimum absolute atomic E-state index is 0.106. The summed E-state index contributed by atoms with van der Waals surface area (Å²) in [7, 11) is 0. The Balaban J connectivity index is 1.39. The zero-order valence-electron chi connectivity index (χ0n) is 16.6. The fourth-order valence-corrected chi connectivity index (χ4v) is 4.68. The van der Waals surface area contributed by atoms with Crippen molar-refractivity contribution in [3.63, 3.8) is 0 Å². The molecule has 1 aliphatic carbocycles. The second-order valence-electron chi connectivity index (χ2n) is 8.68. The predicted octanol–water partition coefficient (Wildman–Crippen LogP) is 3.11. The zero-order valence-corrected chi connectivity index (χ0v) is 16.6. The van der Waals surface area contributed by atoms with E-state index < -0.39 is 11.4 Å². The van der Waals surface area contributed by atoms with Crippen molar-refractivity contribution in [2.75, 3.05) is 24.5 Å². The number of piperidine rings is 1. The van der Waals surface area contributed by atoms with Gasteiger partial charge in [-0.3, -0.25) is 14.5 Å². The summed E-state index contributed by atoms with van der Waals surface area (Å²) in [6.07, 6.45) is 4.08. The van der Waals surface area contributed by atoms with E-state index >= 15 is 0 Å². The summed E-state index contributed by atoms with van der Waals surface area (Å²) >= 11 is 0. The van der Waals surface area contributed by atoms with Crippen LogP contribution >= 0.6 is 0 Å². The molecule has 0 N–H and O–H groups in total. The quantitative estimate of drug-likeness (QED) is 0.801. The van der Waals surface area contributed by atoms with Crippen LogP contribution in [0.4, 0.5) is 10.2 Å². The molecule has 2 aromatic rings. The van der Waals surface area contributed by atoms with Crippen molar-refractivity contribution in [1.82, 2.24) is 14.7 Å². The van der Waals surface area contributed by atoms with Crippen molar-refractivity contribution in [1.29, 1.82) is 0 Å². The molecule has 3 aliphatic rings. The fourth-order valence-electron chi connectivity index (χ4n) is 4.68. The summed E-state index contributed by atoms with van der Waals surface area (Å²) in [4.78, 5) is 29.4. The molecule has 152 valence electrons. The highest BCUT2D eigenvalue weighted by Crippen LogP contribution is 2.43. The molecule has 1 spiro atoms. The van der Waals surface area contributed by atoms with Crippen molar-refractivity contribution >= 4 is 17.6 Å². The average molecular weight is 396 g/mol. The number of halogens is 1. The Kier molecular flexibility index (Phi) is 4.22. The second kappa shape index (κ2) is 6.68. The van der Waals surface area contributed by atoms with Gasteiger partial charge in [0.25, 0.3) is 5.91 Å². The van der Waals surface area contributed by atoms with E-state index in [0.29, 0.717) is 38.3 Å². The average Bonchev–Trinajstić information content (AvgIpc) is 3.44. The van der Waals surface area contributed by atoms with Crippen molar-refractivity contribution in [3.05, 3.63) is 47.4 Å². The summed E-state index contributed by atoms with van der Waals surface area (Å²) in [6.45, 7) is 3.70. The molecule has 2 amide bonds. The Morgan fingerprint density at radius 2 is 1.97 bits per heavy atom. The monoisotopic (exact) mass is 396 g/mol. The smallest absolute Gasteiger partial charge is 0.256 e. The molecule has 6 nitrogen and oxygen atoms in total. The highest BCUT2D eigenvalue weighted by molar-refractivity contribution is 5.96. The molecule has 1 aromatic carbocycles. The van der Waals surface area contributed by atoms with Crippen LogP contribution in [-0.2, 0) is 10.3 Å². The topological polar surface area (TPSA) is 58.4 Å². The molecule has 2 aliphatic heterocycles. The highest BCUT2D eigenvalue weighted by Gasteiger charge is 2.47. The number of hydrogen-bond acceptors (Lipinski definition) is 3. The number of nitrogens with zero attached hydrogens (tertiary/aromatic N) is 4. The van der Waals surface area contributed by atoms with Gasteiger partial charge >= 0.3 is 0 Å². The van der Waals surface area contributed by atoms with Crippen LogP contribution in [0, 0.1) is 18.7 Å². The molecule has 0 unspecified atom stereocenters. The first-order valence-electron chi connectivity index (χ1n) is 10.4. The van der Waals surface area contributed by atoms with E-state index in [4.69, 9.17) is 5.10 Å². The van der Waals surface area contributed by atoms with E-state index in [0.717, 1.165) is 18.1 Å². The van der Waals surface area contributed by atoms with Gasteiger partial charge in [-0.2, -0.15) is 5.10 Å². The van der Waals surface area contributed by atoms with Crippen molar-refractivity contribution in [2.24, 2.45) is 5.92 Å².